The van der Waals surface area contributed by atoms with Crippen LogP contribution in [0.5, 0.6) is 0 Å². The van der Waals surface area contributed by atoms with Crippen molar-refractivity contribution in [3.8, 4) is 22.4 Å². The molecule has 1 heterocycles. The second kappa shape index (κ2) is 7.33. The highest BCUT2D eigenvalue weighted by molar-refractivity contribution is 5.97. The Morgan fingerprint density at radius 2 is 1.28 bits per heavy atom. The first-order chi connectivity index (χ1) is 14.3. The van der Waals surface area contributed by atoms with E-state index in [0.717, 1.165) is 22.2 Å². The Morgan fingerprint density at radius 3 is 2.00 bits per heavy atom. The third-order valence-corrected chi connectivity index (χ3v) is 5.35. The summed E-state index contributed by atoms with van der Waals surface area (Å²) < 4.78 is 2.08. The summed E-state index contributed by atoms with van der Waals surface area (Å²) in [7, 11) is 0. The van der Waals surface area contributed by atoms with Gasteiger partial charge in [0.2, 0.25) is 18.0 Å². The van der Waals surface area contributed by atoms with Crippen molar-refractivity contribution >= 4 is 16.6 Å². The van der Waals surface area contributed by atoms with Crippen molar-refractivity contribution in [2.75, 3.05) is 0 Å². The van der Waals surface area contributed by atoms with Gasteiger partial charge in [0.05, 0.1) is 5.39 Å². The monoisotopic (exact) mass is 374 g/mol. The molecule has 0 aliphatic heterocycles. The number of hydrogen-bond acceptors (Lipinski definition) is 1. The minimum Gasteiger partial charge on any atom is -0.287 e. The Labute approximate surface area is 170 Å². The first kappa shape index (κ1) is 17.3. The Bertz CT molecular complexity index is 1260. The van der Waals surface area contributed by atoms with E-state index in [-0.39, 0.29) is 5.78 Å². The lowest BCUT2D eigenvalue weighted by Gasteiger charge is -2.07. The lowest BCUT2D eigenvalue weighted by Crippen LogP contribution is -2.40. The molecule has 2 aliphatic rings. The van der Waals surface area contributed by atoms with Crippen LogP contribution in [-0.2, 0) is 6.54 Å². The molecule has 2 aliphatic carbocycles. The number of fused-ring (bicyclic) bond motifs is 2. The van der Waals surface area contributed by atoms with Gasteiger partial charge in [-0.2, -0.15) is 4.57 Å². The number of Topliss-reactive ketones (excluding diaryl/α,β-unsaturated/α-hetero) is 1. The van der Waals surface area contributed by atoms with Crippen molar-refractivity contribution in [3.63, 3.8) is 0 Å². The van der Waals surface area contributed by atoms with Gasteiger partial charge in [-0.1, -0.05) is 78.9 Å². The van der Waals surface area contributed by atoms with Gasteiger partial charge < -0.3 is 0 Å². The van der Waals surface area contributed by atoms with Crippen LogP contribution < -0.4 is 4.57 Å². The van der Waals surface area contributed by atoms with Crippen LogP contribution in [0.2, 0.25) is 0 Å². The highest BCUT2D eigenvalue weighted by Gasteiger charge is 2.22. The summed E-state index contributed by atoms with van der Waals surface area (Å²) in [5.41, 5.74) is 5.33. The summed E-state index contributed by atoms with van der Waals surface area (Å²) >= 11 is 0. The highest BCUT2D eigenvalue weighted by Crippen LogP contribution is 2.33. The summed E-state index contributed by atoms with van der Waals surface area (Å²) in [4.78, 5) is 12.9. The molecule has 0 spiro atoms. The van der Waals surface area contributed by atoms with Crippen molar-refractivity contribution in [1.82, 2.24) is 0 Å². The van der Waals surface area contributed by atoms with Crippen LogP contribution in [0.3, 0.4) is 0 Å². The van der Waals surface area contributed by atoms with E-state index in [2.05, 4.69) is 65.2 Å². The smallest absolute Gasteiger partial charge is 0.227 e. The molecule has 2 heteroatoms. The first-order valence-corrected chi connectivity index (χ1v) is 9.78. The zero-order valence-corrected chi connectivity index (χ0v) is 16.0. The number of aromatic nitrogens is 1. The maximum Gasteiger partial charge on any atom is 0.227 e. The minimum atomic E-state index is 0.106. The second-order valence-corrected chi connectivity index (χ2v) is 7.23. The van der Waals surface area contributed by atoms with E-state index in [1.54, 1.807) is 0 Å². The number of nitrogens with zero attached hydrogens (tertiary/aromatic N) is 1. The molecule has 5 rings (SSSR count). The Hall–Kier alpha value is -3.78. The van der Waals surface area contributed by atoms with Gasteiger partial charge in [0.15, 0.2) is 6.20 Å². The van der Waals surface area contributed by atoms with E-state index >= 15 is 0 Å². The van der Waals surface area contributed by atoms with Crippen molar-refractivity contribution in [2.24, 2.45) is 0 Å². The average Bonchev–Trinajstić information content (AvgIpc) is 3.03. The topological polar surface area (TPSA) is 20.9 Å². The number of carbonyl (C=O) groups excluding carboxylic acids is 1. The molecule has 0 N–H and O–H groups in total. The van der Waals surface area contributed by atoms with Crippen LogP contribution >= 0.6 is 0 Å². The second-order valence-electron chi connectivity index (χ2n) is 7.23. The number of benzene rings is 2. The largest absolute Gasteiger partial charge is 0.287 e. The molecule has 2 nitrogen and oxygen atoms in total. The number of carbonyl (C=O) groups is 1. The summed E-state index contributed by atoms with van der Waals surface area (Å²) in [5, 5.41) is 2.32. The number of rotatable bonds is 4. The number of pyridine rings is 1. The third kappa shape index (κ3) is 3.30. The van der Waals surface area contributed by atoms with Crippen molar-refractivity contribution < 1.29 is 9.36 Å². The lowest BCUT2D eigenvalue weighted by atomic mass is 10.0. The molecule has 0 amide bonds. The predicted molar refractivity (Wildman–Crippen MR) is 117 cm³/mol. The molecule has 0 bridgehead atoms. The molecule has 0 saturated heterocycles. The van der Waals surface area contributed by atoms with Crippen LogP contribution in [0.25, 0.3) is 33.2 Å². The van der Waals surface area contributed by atoms with Crippen LogP contribution in [0.15, 0.2) is 109 Å². The van der Waals surface area contributed by atoms with Gasteiger partial charge in [0.25, 0.3) is 0 Å². The summed E-state index contributed by atoms with van der Waals surface area (Å²) in [6, 6.07) is 34.8. The fourth-order valence-electron chi connectivity index (χ4n) is 3.93. The number of hydrogen-bond donors (Lipinski definition) is 0. The van der Waals surface area contributed by atoms with Gasteiger partial charge in [-0.3, -0.25) is 4.79 Å². The Balaban J connectivity index is 1.69. The number of ketones is 1. The van der Waals surface area contributed by atoms with E-state index in [1.165, 1.54) is 16.5 Å². The standard InChI is InChI=1S/C27H20NO/c29-26(21-10-3-1-4-11-21)19-28-16-15-20-9-7-8-14-25(20)27(28)24-17-22-12-5-2-6-13-23(22)18-24/h1-18H,19H2/q+1. The molecule has 3 aromatic rings. The zero-order valence-electron chi connectivity index (χ0n) is 16.0. The highest BCUT2D eigenvalue weighted by atomic mass is 16.1. The lowest BCUT2D eigenvalue weighted by molar-refractivity contribution is -0.671. The van der Waals surface area contributed by atoms with E-state index < -0.39 is 0 Å². The normalized spacial score (nSPS) is 11.0. The molecule has 0 atom stereocenters. The average molecular weight is 374 g/mol. The molecule has 1 aromatic heterocycles. The SMILES string of the molecule is O=C(C[n+]1ccc2ccccc2c1-c1cc2cccccc-2c1)c1ccccc1. The maximum atomic E-state index is 12.9. The predicted octanol–water partition coefficient (Wildman–Crippen LogP) is 5.78. The van der Waals surface area contributed by atoms with E-state index in [1.807, 2.05) is 48.7 Å². The first-order valence-electron chi connectivity index (χ1n) is 9.78. The van der Waals surface area contributed by atoms with Gasteiger partial charge in [-0.05, 0) is 34.7 Å². The molecule has 0 fully saturated rings. The minimum absolute atomic E-state index is 0.106. The zero-order chi connectivity index (χ0) is 19.6. The maximum absolute atomic E-state index is 12.9. The van der Waals surface area contributed by atoms with Gasteiger partial charge >= 0.3 is 0 Å². The van der Waals surface area contributed by atoms with Crippen LogP contribution in [-0.4, -0.2) is 5.78 Å². The molecule has 0 saturated carbocycles. The molecule has 29 heavy (non-hydrogen) atoms. The Morgan fingerprint density at radius 1 is 0.655 bits per heavy atom. The van der Waals surface area contributed by atoms with Gasteiger partial charge in [-0.25, -0.2) is 0 Å². The van der Waals surface area contributed by atoms with Crippen LogP contribution in [0.4, 0.5) is 0 Å². The van der Waals surface area contributed by atoms with Crippen LogP contribution in [0.1, 0.15) is 10.4 Å². The third-order valence-electron chi connectivity index (χ3n) is 5.35. The molecule has 138 valence electrons. The van der Waals surface area contributed by atoms with Gasteiger partial charge in [-0.15, -0.1) is 0 Å². The molecular weight excluding hydrogens is 354 g/mol. The molecule has 0 unspecified atom stereocenters. The fraction of sp³-hybridized carbons (Fsp3) is 0.0370. The van der Waals surface area contributed by atoms with Gasteiger partial charge in [0, 0.05) is 17.2 Å². The van der Waals surface area contributed by atoms with E-state index in [9.17, 15) is 4.79 Å². The molecular formula is C27H20NO+. The Kier molecular flexibility index (Phi) is 4.38. The molecule has 2 aromatic carbocycles. The quantitative estimate of drug-likeness (QED) is 0.288. The van der Waals surface area contributed by atoms with E-state index in [0.29, 0.717) is 6.54 Å². The fourth-order valence-corrected chi connectivity index (χ4v) is 3.93. The van der Waals surface area contributed by atoms with Crippen molar-refractivity contribution in [1.29, 1.82) is 0 Å². The van der Waals surface area contributed by atoms with Crippen molar-refractivity contribution in [2.45, 2.75) is 6.54 Å². The summed E-state index contributed by atoms with van der Waals surface area (Å²) in [6.07, 6.45) is 2.02. The summed E-state index contributed by atoms with van der Waals surface area (Å²) in [6.45, 7) is 0.305. The van der Waals surface area contributed by atoms with Gasteiger partial charge in [0.1, 0.15) is 0 Å². The summed E-state index contributed by atoms with van der Waals surface area (Å²) in [5.74, 6) is 0.106. The van der Waals surface area contributed by atoms with E-state index in [4.69, 9.17) is 0 Å². The van der Waals surface area contributed by atoms with Crippen LogP contribution in [0, 0.1) is 0 Å². The van der Waals surface area contributed by atoms with Crippen molar-refractivity contribution in [3.05, 3.63) is 115 Å². The molecule has 0 radical (unpaired) electrons.